The molecule has 0 fully saturated rings. The van der Waals surface area contributed by atoms with Crippen molar-refractivity contribution in [3.8, 4) is 0 Å². The number of benzene rings is 1. The van der Waals surface area contributed by atoms with Crippen molar-refractivity contribution in [3.05, 3.63) is 46.5 Å². The highest BCUT2D eigenvalue weighted by molar-refractivity contribution is 9.10. The molecule has 0 aromatic heterocycles. The highest BCUT2D eigenvalue weighted by Gasteiger charge is 1.89. The summed E-state index contributed by atoms with van der Waals surface area (Å²) < 4.78 is 1.08. The topological polar surface area (TPSA) is 17.1 Å². The molecule has 0 aliphatic heterocycles. The maximum atomic E-state index is 10.6. The van der Waals surface area contributed by atoms with E-state index in [0.717, 1.165) is 10.9 Å². The Morgan fingerprint density at radius 3 is 2.54 bits per heavy atom. The van der Waals surface area contributed by atoms with E-state index in [2.05, 4.69) is 15.9 Å². The van der Waals surface area contributed by atoms with Crippen LogP contribution >= 0.6 is 15.9 Å². The summed E-state index contributed by atoms with van der Waals surface area (Å²) in [5.41, 5.74) is 1.21. The first kappa shape index (κ1) is 10.2. The van der Waals surface area contributed by atoms with Crippen molar-refractivity contribution in [3.63, 3.8) is 0 Å². The number of carbonyl (C=O) groups is 1. The van der Waals surface area contributed by atoms with Crippen LogP contribution in [0.25, 0.3) is 0 Å². The lowest BCUT2D eigenvalue weighted by atomic mass is 10.1. The van der Waals surface area contributed by atoms with Gasteiger partial charge in [-0.05, 0) is 37.1 Å². The van der Waals surface area contributed by atoms with Gasteiger partial charge in [0, 0.05) is 4.47 Å². The average Bonchev–Trinajstić information content (AvgIpc) is 2.08. The molecule has 0 radical (unpaired) electrons. The molecular formula is C11H11BrO. The predicted molar refractivity (Wildman–Crippen MR) is 57.7 cm³/mol. The van der Waals surface area contributed by atoms with Gasteiger partial charge in [-0.15, -0.1) is 0 Å². The van der Waals surface area contributed by atoms with Gasteiger partial charge < -0.3 is 0 Å². The second kappa shape index (κ2) is 4.97. The molecule has 1 nitrogen and oxygen atoms in total. The van der Waals surface area contributed by atoms with E-state index in [1.807, 2.05) is 30.3 Å². The van der Waals surface area contributed by atoms with E-state index in [4.69, 9.17) is 0 Å². The summed E-state index contributed by atoms with van der Waals surface area (Å²) >= 11 is 3.36. The van der Waals surface area contributed by atoms with E-state index in [1.54, 1.807) is 13.0 Å². The third kappa shape index (κ3) is 4.04. The molecule has 0 saturated carbocycles. The fourth-order valence-electron chi connectivity index (χ4n) is 0.981. The van der Waals surface area contributed by atoms with Gasteiger partial charge in [0.1, 0.15) is 0 Å². The quantitative estimate of drug-likeness (QED) is 0.740. The first-order valence-electron chi connectivity index (χ1n) is 4.10. The van der Waals surface area contributed by atoms with Gasteiger partial charge in [-0.2, -0.15) is 0 Å². The van der Waals surface area contributed by atoms with Crippen LogP contribution in [0.2, 0.25) is 0 Å². The molecule has 0 atom stereocenters. The maximum Gasteiger partial charge on any atom is 0.152 e. The molecule has 0 aliphatic carbocycles. The molecule has 0 aliphatic rings. The Labute approximate surface area is 86.6 Å². The molecule has 0 amide bonds. The Bertz CT molecular complexity index is 311. The standard InChI is InChI=1S/C11H11BrO/c1-9(13)3-2-4-10-5-7-11(12)8-6-10/h2-3,5-8H,4H2,1H3/b3-2+. The van der Waals surface area contributed by atoms with Crippen molar-refractivity contribution < 1.29 is 4.79 Å². The lowest BCUT2D eigenvalue weighted by Gasteiger charge is -1.95. The maximum absolute atomic E-state index is 10.6. The number of allylic oxidation sites excluding steroid dienone is 2. The summed E-state index contributed by atoms with van der Waals surface area (Å²) in [6.07, 6.45) is 4.29. The van der Waals surface area contributed by atoms with Crippen LogP contribution in [0, 0.1) is 0 Å². The summed E-state index contributed by atoms with van der Waals surface area (Å²) in [6.45, 7) is 1.55. The summed E-state index contributed by atoms with van der Waals surface area (Å²) in [5, 5.41) is 0. The van der Waals surface area contributed by atoms with Crippen LogP contribution in [0.5, 0.6) is 0 Å². The normalized spacial score (nSPS) is 10.6. The molecule has 0 bridgehead atoms. The molecule has 2 heteroatoms. The fourth-order valence-corrected chi connectivity index (χ4v) is 1.25. The van der Waals surface area contributed by atoms with E-state index < -0.39 is 0 Å². The molecular weight excluding hydrogens is 228 g/mol. The Balaban J connectivity index is 2.55. The molecule has 0 spiro atoms. The van der Waals surface area contributed by atoms with Crippen LogP contribution in [-0.4, -0.2) is 5.78 Å². The van der Waals surface area contributed by atoms with Crippen molar-refractivity contribution in [2.45, 2.75) is 13.3 Å². The molecule has 0 N–H and O–H groups in total. The van der Waals surface area contributed by atoms with E-state index in [-0.39, 0.29) is 5.78 Å². The van der Waals surface area contributed by atoms with Crippen molar-refractivity contribution in [1.82, 2.24) is 0 Å². The number of carbonyl (C=O) groups excluding carboxylic acids is 1. The van der Waals surface area contributed by atoms with Gasteiger partial charge in [0.2, 0.25) is 0 Å². The SMILES string of the molecule is CC(=O)/C=C/Cc1ccc(Br)cc1. The van der Waals surface area contributed by atoms with Gasteiger partial charge in [-0.3, -0.25) is 4.79 Å². The second-order valence-electron chi connectivity index (χ2n) is 2.84. The third-order valence-electron chi connectivity index (χ3n) is 1.62. The zero-order valence-corrected chi connectivity index (χ0v) is 9.04. The van der Waals surface area contributed by atoms with Crippen LogP contribution in [0.15, 0.2) is 40.9 Å². The van der Waals surface area contributed by atoms with E-state index in [9.17, 15) is 4.79 Å². The average molecular weight is 239 g/mol. The Kier molecular flexibility index (Phi) is 3.90. The predicted octanol–water partition coefficient (Wildman–Crippen LogP) is 3.14. The summed E-state index contributed by atoms with van der Waals surface area (Å²) in [6, 6.07) is 8.07. The lowest BCUT2D eigenvalue weighted by molar-refractivity contribution is -0.112. The second-order valence-corrected chi connectivity index (χ2v) is 3.76. The van der Waals surface area contributed by atoms with E-state index in [0.29, 0.717) is 0 Å². The van der Waals surface area contributed by atoms with Crippen LogP contribution < -0.4 is 0 Å². The Hall–Kier alpha value is -0.890. The molecule has 0 saturated heterocycles. The van der Waals surface area contributed by atoms with Gasteiger partial charge >= 0.3 is 0 Å². The molecule has 1 aromatic carbocycles. The lowest BCUT2D eigenvalue weighted by Crippen LogP contribution is -1.83. The van der Waals surface area contributed by atoms with Gasteiger partial charge in [-0.25, -0.2) is 0 Å². The highest BCUT2D eigenvalue weighted by atomic mass is 79.9. The number of rotatable bonds is 3. The van der Waals surface area contributed by atoms with Gasteiger partial charge in [0.25, 0.3) is 0 Å². The minimum atomic E-state index is 0.0945. The molecule has 0 heterocycles. The van der Waals surface area contributed by atoms with Crippen molar-refractivity contribution in [2.24, 2.45) is 0 Å². The number of halogens is 1. The molecule has 13 heavy (non-hydrogen) atoms. The molecule has 0 unspecified atom stereocenters. The van der Waals surface area contributed by atoms with Crippen LogP contribution in [0.4, 0.5) is 0 Å². The van der Waals surface area contributed by atoms with Crippen molar-refractivity contribution in [2.75, 3.05) is 0 Å². The first-order chi connectivity index (χ1) is 6.18. The molecule has 1 aromatic rings. The summed E-state index contributed by atoms with van der Waals surface area (Å²) in [5.74, 6) is 0.0945. The minimum Gasteiger partial charge on any atom is -0.295 e. The fraction of sp³-hybridized carbons (Fsp3) is 0.182. The molecule has 68 valence electrons. The zero-order valence-electron chi connectivity index (χ0n) is 7.46. The Morgan fingerprint density at radius 1 is 1.38 bits per heavy atom. The zero-order chi connectivity index (χ0) is 9.68. The van der Waals surface area contributed by atoms with Gasteiger partial charge in [0.15, 0.2) is 5.78 Å². The first-order valence-corrected chi connectivity index (χ1v) is 4.89. The third-order valence-corrected chi connectivity index (χ3v) is 2.15. The smallest absolute Gasteiger partial charge is 0.152 e. The van der Waals surface area contributed by atoms with Crippen molar-refractivity contribution in [1.29, 1.82) is 0 Å². The summed E-state index contributed by atoms with van der Waals surface area (Å²) in [7, 11) is 0. The number of hydrogen-bond donors (Lipinski definition) is 0. The Morgan fingerprint density at radius 2 is 2.00 bits per heavy atom. The number of ketones is 1. The van der Waals surface area contributed by atoms with Crippen LogP contribution in [0.1, 0.15) is 12.5 Å². The van der Waals surface area contributed by atoms with Crippen LogP contribution in [-0.2, 0) is 11.2 Å². The van der Waals surface area contributed by atoms with E-state index in [1.165, 1.54) is 5.56 Å². The number of hydrogen-bond acceptors (Lipinski definition) is 1. The van der Waals surface area contributed by atoms with Crippen LogP contribution in [0.3, 0.4) is 0 Å². The minimum absolute atomic E-state index is 0.0945. The van der Waals surface area contributed by atoms with Gasteiger partial charge in [0.05, 0.1) is 0 Å². The molecule has 1 rings (SSSR count). The van der Waals surface area contributed by atoms with Crippen molar-refractivity contribution >= 4 is 21.7 Å². The van der Waals surface area contributed by atoms with E-state index >= 15 is 0 Å². The monoisotopic (exact) mass is 238 g/mol. The van der Waals surface area contributed by atoms with Gasteiger partial charge in [-0.1, -0.05) is 34.1 Å². The summed E-state index contributed by atoms with van der Waals surface area (Å²) in [4.78, 5) is 10.6. The highest BCUT2D eigenvalue weighted by Crippen LogP contribution is 2.10. The largest absolute Gasteiger partial charge is 0.295 e.